The van der Waals surface area contributed by atoms with E-state index in [0.717, 1.165) is 22.0 Å². The molecule has 82 valence electrons. The smallest absolute Gasteiger partial charge is 0.127 e. The van der Waals surface area contributed by atoms with Gasteiger partial charge in [0, 0.05) is 5.69 Å². The van der Waals surface area contributed by atoms with E-state index in [-0.39, 0.29) is 11.7 Å². The van der Waals surface area contributed by atoms with Crippen molar-refractivity contribution in [1.82, 2.24) is 0 Å². The Morgan fingerprint density at radius 1 is 1.12 bits per heavy atom. The van der Waals surface area contributed by atoms with Crippen LogP contribution in [-0.2, 0) is 0 Å². The van der Waals surface area contributed by atoms with Crippen molar-refractivity contribution in [3.8, 4) is 0 Å². The van der Waals surface area contributed by atoms with Crippen LogP contribution in [0.4, 0.5) is 10.1 Å². The van der Waals surface area contributed by atoms with E-state index >= 15 is 0 Å². The lowest BCUT2D eigenvalue weighted by atomic mass is 9.93. The third-order valence-corrected chi connectivity index (χ3v) is 3.85. The van der Waals surface area contributed by atoms with Gasteiger partial charge < -0.3 is 5.73 Å². The van der Waals surface area contributed by atoms with Crippen molar-refractivity contribution in [3.63, 3.8) is 0 Å². The molecule has 16 heavy (non-hydrogen) atoms. The summed E-state index contributed by atoms with van der Waals surface area (Å²) in [5, 5.41) is 2.14. The number of rotatable bonds is 0. The molecule has 1 aliphatic rings. The van der Waals surface area contributed by atoms with Crippen molar-refractivity contribution in [3.05, 3.63) is 41.2 Å². The number of nitrogens with two attached hydrogens (primary N) is 1. The van der Waals surface area contributed by atoms with Crippen LogP contribution in [0.2, 0.25) is 0 Å². The summed E-state index contributed by atoms with van der Waals surface area (Å²) in [6.45, 7) is 4.22. The van der Waals surface area contributed by atoms with E-state index in [0.29, 0.717) is 5.92 Å². The maximum atomic E-state index is 13.8. The van der Waals surface area contributed by atoms with Crippen LogP contribution in [0, 0.1) is 5.82 Å². The van der Waals surface area contributed by atoms with E-state index < -0.39 is 0 Å². The standard InChI is InChI=1S/C14H14FN/c1-7-8(2)13-12(15)4-3-9-5-10(16)6-11(7)14(9)13/h3-8H,16H2,1-2H3. The van der Waals surface area contributed by atoms with Crippen molar-refractivity contribution < 1.29 is 4.39 Å². The highest BCUT2D eigenvalue weighted by molar-refractivity contribution is 5.94. The van der Waals surface area contributed by atoms with Crippen LogP contribution in [0.25, 0.3) is 10.8 Å². The topological polar surface area (TPSA) is 26.0 Å². The summed E-state index contributed by atoms with van der Waals surface area (Å²) in [5.41, 5.74) is 8.69. The molecule has 0 aliphatic heterocycles. The number of hydrogen-bond donors (Lipinski definition) is 1. The molecule has 2 heteroatoms. The van der Waals surface area contributed by atoms with E-state index in [2.05, 4.69) is 13.8 Å². The van der Waals surface area contributed by atoms with Gasteiger partial charge in [-0.1, -0.05) is 19.9 Å². The average Bonchev–Trinajstić information content (AvgIpc) is 2.49. The third kappa shape index (κ3) is 1.04. The molecular weight excluding hydrogens is 201 g/mol. The fraction of sp³-hybridized carbons (Fsp3) is 0.286. The maximum absolute atomic E-state index is 13.8. The predicted octanol–water partition coefficient (Wildman–Crippen LogP) is 3.78. The van der Waals surface area contributed by atoms with Gasteiger partial charge in [0.1, 0.15) is 5.82 Å². The second-order valence-electron chi connectivity index (χ2n) is 4.75. The van der Waals surface area contributed by atoms with Crippen molar-refractivity contribution in [1.29, 1.82) is 0 Å². The summed E-state index contributed by atoms with van der Waals surface area (Å²) in [6, 6.07) is 7.28. The van der Waals surface area contributed by atoms with Crippen LogP contribution < -0.4 is 5.73 Å². The molecule has 2 atom stereocenters. The Bertz CT molecular complexity index is 589. The molecule has 0 saturated heterocycles. The summed E-state index contributed by atoms with van der Waals surface area (Å²) >= 11 is 0. The first kappa shape index (κ1) is 9.64. The van der Waals surface area contributed by atoms with Gasteiger partial charge in [-0.2, -0.15) is 0 Å². The first-order valence-corrected chi connectivity index (χ1v) is 5.61. The van der Waals surface area contributed by atoms with E-state index in [1.807, 2.05) is 18.2 Å². The lowest BCUT2D eigenvalue weighted by Crippen LogP contribution is -1.97. The van der Waals surface area contributed by atoms with Gasteiger partial charge in [-0.3, -0.25) is 0 Å². The van der Waals surface area contributed by atoms with E-state index in [4.69, 9.17) is 5.73 Å². The van der Waals surface area contributed by atoms with Crippen LogP contribution in [-0.4, -0.2) is 0 Å². The lowest BCUT2D eigenvalue weighted by Gasteiger charge is -2.11. The monoisotopic (exact) mass is 215 g/mol. The lowest BCUT2D eigenvalue weighted by molar-refractivity contribution is 0.574. The number of halogens is 1. The maximum Gasteiger partial charge on any atom is 0.127 e. The summed E-state index contributed by atoms with van der Waals surface area (Å²) in [5.74, 6) is 0.494. The summed E-state index contributed by atoms with van der Waals surface area (Å²) in [6.07, 6.45) is 0. The number of benzene rings is 2. The predicted molar refractivity (Wildman–Crippen MR) is 65.1 cm³/mol. The van der Waals surface area contributed by atoms with Crippen molar-refractivity contribution in [2.75, 3.05) is 5.73 Å². The van der Waals surface area contributed by atoms with Crippen LogP contribution in [0.3, 0.4) is 0 Å². The molecule has 0 radical (unpaired) electrons. The molecule has 0 fully saturated rings. The van der Waals surface area contributed by atoms with Gasteiger partial charge in [0.15, 0.2) is 0 Å². The van der Waals surface area contributed by atoms with Crippen molar-refractivity contribution in [2.45, 2.75) is 25.7 Å². The van der Waals surface area contributed by atoms with Gasteiger partial charge in [0.2, 0.25) is 0 Å². The molecule has 3 rings (SSSR count). The Labute approximate surface area is 94.1 Å². The van der Waals surface area contributed by atoms with Crippen molar-refractivity contribution >= 4 is 16.5 Å². The first-order chi connectivity index (χ1) is 7.59. The van der Waals surface area contributed by atoms with Gasteiger partial charge in [0.05, 0.1) is 0 Å². The minimum atomic E-state index is -0.0876. The second kappa shape index (κ2) is 2.97. The molecule has 2 aromatic carbocycles. The molecule has 0 saturated carbocycles. The highest BCUT2D eigenvalue weighted by Gasteiger charge is 2.30. The van der Waals surface area contributed by atoms with E-state index in [9.17, 15) is 4.39 Å². The quantitative estimate of drug-likeness (QED) is 0.665. The molecule has 0 amide bonds. The molecule has 0 aromatic heterocycles. The summed E-state index contributed by atoms with van der Waals surface area (Å²) < 4.78 is 13.8. The molecule has 1 nitrogen and oxygen atoms in total. The van der Waals surface area contributed by atoms with Crippen LogP contribution in [0.15, 0.2) is 24.3 Å². The van der Waals surface area contributed by atoms with E-state index in [1.165, 1.54) is 5.56 Å². The van der Waals surface area contributed by atoms with Gasteiger partial charge in [-0.25, -0.2) is 4.39 Å². The molecule has 0 bridgehead atoms. The number of anilines is 1. The SMILES string of the molecule is CC1c2cc(N)cc3ccc(F)c(c23)C1C. The largest absolute Gasteiger partial charge is 0.399 e. The zero-order valence-corrected chi connectivity index (χ0v) is 9.42. The normalized spacial score (nSPS) is 22.9. The highest BCUT2D eigenvalue weighted by atomic mass is 19.1. The molecule has 2 unspecified atom stereocenters. The van der Waals surface area contributed by atoms with E-state index in [1.54, 1.807) is 6.07 Å². The molecule has 0 heterocycles. The minimum Gasteiger partial charge on any atom is -0.399 e. The van der Waals surface area contributed by atoms with Crippen LogP contribution in [0.1, 0.15) is 36.8 Å². The van der Waals surface area contributed by atoms with Crippen LogP contribution >= 0.6 is 0 Å². The zero-order valence-electron chi connectivity index (χ0n) is 9.42. The molecule has 2 N–H and O–H groups in total. The second-order valence-corrected chi connectivity index (χ2v) is 4.75. The molecule has 1 aliphatic carbocycles. The first-order valence-electron chi connectivity index (χ1n) is 5.61. The average molecular weight is 215 g/mol. The third-order valence-electron chi connectivity index (χ3n) is 3.85. The summed E-state index contributed by atoms with van der Waals surface area (Å²) in [7, 11) is 0. The van der Waals surface area contributed by atoms with Gasteiger partial charge >= 0.3 is 0 Å². The van der Waals surface area contributed by atoms with Gasteiger partial charge in [0.25, 0.3) is 0 Å². The minimum absolute atomic E-state index is 0.0876. The Morgan fingerprint density at radius 2 is 1.88 bits per heavy atom. The van der Waals surface area contributed by atoms with Crippen LogP contribution in [0.5, 0.6) is 0 Å². The zero-order chi connectivity index (χ0) is 11.4. The highest BCUT2D eigenvalue weighted by Crippen LogP contribution is 2.47. The van der Waals surface area contributed by atoms with Gasteiger partial charge in [-0.05, 0) is 51.9 Å². The number of hydrogen-bond acceptors (Lipinski definition) is 1. The molecule has 2 aromatic rings. The fourth-order valence-electron chi connectivity index (χ4n) is 2.85. The Morgan fingerprint density at radius 3 is 2.62 bits per heavy atom. The summed E-state index contributed by atoms with van der Waals surface area (Å²) in [4.78, 5) is 0. The fourth-order valence-corrected chi connectivity index (χ4v) is 2.85. The Balaban J connectivity index is 2.51. The molecule has 0 spiro atoms. The Hall–Kier alpha value is -1.57. The van der Waals surface area contributed by atoms with Gasteiger partial charge in [-0.15, -0.1) is 0 Å². The van der Waals surface area contributed by atoms with Crippen molar-refractivity contribution in [2.24, 2.45) is 0 Å². The number of nitrogen functional groups attached to an aromatic ring is 1. The molecular formula is C14H14FN. The Kier molecular flexibility index (Phi) is 1.79.